The quantitative estimate of drug-likeness (QED) is 0.758. The number of aliphatic hydroxyl groups excluding tert-OH is 1. The molecule has 0 radical (unpaired) electrons. The number of carbonyl (C=O) groups excluding carboxylic acids is 1. The minimum Gasteiger partial charge on any atom is -0.497 e. The smallest absolute Gasteiger partial charge is 0.272 e. The summed E-state index contributed by atoms with van der Waals surface area (Å²) in [5.74, 6) is 0.406. The first kappa shape index (κ1) is 19.4. The van der Waals surface area contributed by atoms with Gasteiger partial charge in [0.05, 0.1) is 37.0 Å². The highest BCUT2D eigenvalue weighted by atomic mass is 32.2. The molecule has 1 aromatic heterocycles. The van der Waals surface area contributed by atoms with E-state index < -0.39 is 21.8 Å². The Balaban J connectivity index is 1.99. The zero-order valence-corrected chi connectivity index (χ0v) is 16.1. The molecule has 1 aliphatic heterocycles. The first-order valence-electron chi connectivity index (χ1n) is 8.69. The fourth-order valence-corrected chi connectivity index (χ4v) is 4.76. The van der Waals surface area contributed by atoms with Gasteiger partial charge in [-0.1, -0.05) is 0 Å². The van der Waals surface area contributed by atoms with Gasteiger partial charge in [-0.3, -0.25) is 9.48 Å². The van der Waals surface area contributed by atoms with Gasteiger partial charge < -0.3 is 15.2 Å². The summed E-state index contributed by atoms with van der Waals surface area (Å²) in [5, 5.41) is 16.2. The van der Waals surface area contributed by atoms with Gasteiger partial charge in [0, 0.05) is 11.6 Å². The largest absolute Gasteiger partial charge is 0.497 e. The normalized spacial score (nSPS) is 19.6. The Morgan fingerprint density at radius 1 is 1.41 bits per heavy atom. The molecule has 0 saturated carbocycles. The summed E-state index contributed by atoms with van der Waals surface area (Å²) in [5.41, 5.74) is 1.66. The van der Waals surface area contributed by atoms with E-state index in [9.17, 15) is 13.2 Å². The van der Waals surface area contributed by atoms with E-state index in [-0.39, 0.29) is 29.8 Å². The molecular weight excluding hydrogens is 370 g/mol. The van der Waals surface area contributed by atoms with Crippen molar-refractivity contribution in [3.8, 4) is 17.0 Å². The zero-order valence-electron chi connectivity index (χ0n) is 15.3. The number of nitrogens with zero attached hydrogens (tertiary/aromatic N) is 2. The molecule has 146 valence electrons. The highest BCUT2D eigenvalue weighted by Crippen LogP contribution is 2.31. The van der Waals surface area contributed by atoms with Crippen molar-refractivity contribution in [1.82, 2.24) is 15.1 Å². The van der Waals surface area contributed by atoms with E-state index >= 15 is 0 Å². The number of amides is 1. The maximum absolute atomic E-state index is 12.4. The topological polar surface area (TPSA) is 111 Å². The summed E-state index contributed by atoms with van der Waals surface area (Å²) < 4.78 is 30.6. The molecule has 1 aliphatic rings. The lowest BCUT2D eigenvalue weighted by atomic mass is 10.1. The maximum Gasteiger partial charge on any atom is 0.272 e. The molecule has 1 amide bonds. The van der Waals surface area contributed by atoms with Crippen molar-refractivity contribution in [2.75, 3.05) is 25.2 Å². The number of ether oxygens (including phenoxy) is 1. The number of carbonyl (C=O) groups is 1. The predicted molar refractivity (Wildman–Crippen MR) is 101 cm³/mol. The van der Waals surface area contributed by atoms with Crippen LogP contribution in [-0.2, 0) is 9.84 Å². The Labute approximate surface area is 158 Å². The van der Waals surface area contributed by atoms with Gasteiger partial charge in [0.1, 0.15) is 5.75 Å². The Hall–Kier alpha value is -2.39. The molecule has 2 aromatic rings. The van der Waals surface area contributed by atoms with Crippen molar-refractivity contribution in [3.05, 3.63) is 36.0 Å². The fraction of sp³-hybridized carbons (Fsp3) is 0.444. The van der Waals surface area contributed by atoms with E-state index in [4.69, 9.17) is 9.84 Å². The van der Waals surface area contributed by atoms with Crippen molar-refractivity contribution < 1.29 is 23.1 Å². The van der Waals surface area contributed by atoms with Gasteiger partial charge in [-0.05, 0) is 43.7 Å². The Morgan fingerprint density at radius 2 is 2.11 bits per heavy atom. The minimum absolute atomic E-state index is 0.00589. The summed E-state index contributed by atoms with van der Waals surface area (Å²) in [4.78, 5) is 12.4. The van der Waals surface area contributed by atoms with Crippen molar-refractivity contribution >= 4 is 15.7 Å². The van der Waals surface area contributed by atoms with E-state index in [2.05, 4.69) is 10.4 Å². The van der Waals surface area contributed by atoms with Crippen molar-refractivity contribution in [2.24, 2.45) is 0 Å². The van der Waals surface area contributed by atoms with Gasteiger partial charge in [-0.15, -0.1) is 0 Å². The highest BCUT2D eigenvalue weighted by molar-refractivity contribution is 7.91. The molecule has 2 heterocycles. The van der Waals surface area contributed by atoms with E-state index in [1.165, 1.54) is 0 Å². The van der Waals surface area contributed by atoms with Crippen LogP contribution < -0.4 is 10.1 Å². The average Bonchev–Trinajstić information content (AvgIpc) is 3.25. The molecule has 1 fully saturated rings. The number of hydrogen-bond donors (Lipinski definition) is 2. The van der Waals surface area contributed by atoms with Crippen LogP contribution in [0.5, 0.6) is 5.75 Å². The Morgan fingerprint density at radius 3 is 2.67 bits per heavy atom. The second-order valence-corrected chi connectivity index (χ2v) is 8.93. The standard InChI is InChI=1S/C18H23N3O5S/c1-12(10-22)19-18(23)16-9-17(13-3-5-15(26-2)6-4-13)21(20-16)14-7-8-27(24,25)11-14/h3-6,9,12,14,22H,7-8,10-11H2,1-2H3,(H,19,23). The molecule has 2 N–H and O–H groups in total. The zero-order chi connectivity index (χ0) is 19.6. The van der Waals surface area contributed by atoms with Crippen LogP contribution in [0.15, 0.2) is 30.3 Å². The van der Waals surface area contributed by atoms with E-state index in [0.29, 0.717) is 17.9 Å². The predicted octanol–water partition coefficient (Wildman–Crippen LogP) is 1.03. The monoisotopic (exact) mass is 393 g/mol. The lowest BCUT2D eigenvalue weighted by Gasteiger charge is -2.13. The molecule has 3 rings (SSSR count). The van der Waals surface area contributed by atoms with Gasteiger partial charge in [-0.25, -0.2) is 8.42 Å². The van der Waals surface area contributed by atoms with Crippen molar-refractivity contribution in [2.45, 2.75) is 25.4 Å². The molecule has 2 atom stereocenters. The van der Waals surface area contributed by atoms with Crippen LogP contribution in [0.4, 0.5) is 0 Å². The molecule has 8 nitrogen and oxygen atoms in total. The molecular formula is C18H23N3O5S. The molecule has 0 aliphatic carbocycles. The third-order valence-corrected chi connectivity index (χ3v) is 6.31. The lowest BCUT2D eigenvalue weighted by Crippen LogP contribution is -2.35. The summed E-state index contributed by atoms with van der Waals surface area (Å²) in [6.45, 7) is 1.50. The third-order valence-electron chi connectivity index (χ3n) is 4.56. The first-order valence-corrected chi connectivity index (χ1v) is 10.5. The molecule has 2 unspecified atom stereocenters. The summed E-state index contributed by atoms with van der Waals surface area (Å²) in [6, 6.07) is 8.20. The van der Waals surface area contributed by atoms with Crippen LogP contribution in [0, 0.1) is 0 Å². The number of benzene rings is 1. The van der Waals surface area contributed by atoms with E-state index in [0.717, 1.165) is 5.56 Å². The minimum atomic E-state index is -3.10. The van der Waals surface area contributed by atoms with Crippen LogP contribution in [0.1, 0.15) is 29.9 Å². The van der Waals surface area contributed by atoms with Crippen LogP contribution in [0.25, 0.3) is 11.3 Å². The van der Waals surface area contributed by atoms with Gasteiger partial charge in [-0.2, -0.15) is 5.10 Å². The van der Waals surface area contributed by atoms with Crippen LogP contribution in [0.3, 0.4) is 0 Å². The van der Waals surface area contributed by atoms with Gasteiger partial charge >= 0.3 is 0 Å². The lowest BCUT2D eigenvalue weighted by molar-refractivity contribution is 0.0916. The highest BCUT2D eigenvalue weighted by Gasteiger charge is 2.32. The van der Waals surface area contributed by atoms with Crippen molar-refractivity contribution in [3.63, 3.8) is 0 Å². The van der Waals surface area contributed by atoms with E-state index in [1.54, 1.807) is 36.9 Å². The maximum atomic E-state index is 12.4. The first-order chi connectivity index (χ1) is 12.8. The summed E-state index contributed by atoms with van der Waals surface area (Å²) in [6.07, 6.45) is 0.460. The van der Waals surface area contributed by atoms with Gasteiger partial charge in [0.2, 0.25) is 0 Å². The molecule has 0 spiro atoms. The summed E-state index contributed by atoms with van der Waals surface area (Å²) in [7, 11) is -1.52. The number of nitrogens with one attached hydrogen (secondary N) is 1. The number of methoxy groups -OCH3 is 1. The molecule has 1 aromatic carbocycles. The number of rotatable bonds is 6. The van der Waals surface area contributed by atoms with Crippen LogP contribution >= 0.6 is 0 Å². The van der Waals surface area contributed by atoms with Gasteiger partial charge in [0.15, 0.2) is 15.5 Å². The van der Waals surface area contributed by atoms with Gasteiger partial charge in [0.25, 0.3) is 5.91 Å². The number of sulfone groups is 1. The van der Waals surface area contributed by atoms with E-state index in [1.807, 2.05) is 12.1 Å². The molecule has 1 saturated heterocycles. The third kappa shape index (κ3) is 4.30. The second kappa shape index (κ2) is 7.69. The summed E-state index contributed by atoms with van der Waals surface area (Å²) >= 11 is 0. The van der Waals surface area contributed by atoms with Crippen LogP contribution in [-0.4, -0.2) is 60.5 Å². The number of hydrogen-bond acceptors (Lipinski definition) is 6. The molecule has 0 bridgehead atoms. The number of aliphatic hydroxyl groups is 1. The molecule has 27 heavy (non-hydrogen) atoms. The average molecular weight is 393 g/mol. The fourth-order valence-electron chi connectivity index (χ4n) is 3.07. The SMILES string of the molecule is COc1ccc(-c2cc(C(=O)NC(C)CO)nn2C2CCS(=O)(=O)C2)cc1. The Kier molecular flexibility index (Phi) is 5.52. The second-order valence-electron chi connectivity index (χ2n) is 6.70. The van der Waals surface area contributed by atoms with Crippen molar-refractivity contribution in [1.29, 1.82) is 0 Å². The van der Waals surface area contributed by atoms with Crippen LogP contribution in [0.2, 0.25) is 0 Å². The number of aromatic nitrogens is 2. The Bertz CT molecular complexity index is 921. The molecule has 9 heteroatoms.